The van der Waals surface area contributed by atoms with Crippen molar-refractivity contribution in [1.29, 1.82) is 0 Å². The number of anilines is 1. The Morgan fingerprint density at radius 1 is 1.00 bits per heavy atom. The van der Waals surface area contributed by atoms with Crippen molar-refractivity contribution < 1.29 is 37.8 Å². The third-order valence-electron chi connectivity index (χ3n) is 9.34. The number of rotatable bonds is 10. The first-order chi connectivity index (χ1) is 22.6. The van der Waals surface area contributed by atoms with E-state index >= 15 is 0 Å². The summed E-state index contributed by atoms with van der Waals surface area (Å²) in [5.74, 6) is -1.74. The van der Waals surface area contributed by atoms with Crippen LogP contribution in [0.2, 0.25) is 0 Å². The molecule has 252 valence electrons. The maximum atomic E-state index is 14.0. The van der Waals surface area contributed by atoms with Crippen LogP contribution in [0.15, 0.2) is 54.6 Å². The second-order valence-corrected chi connectivity index (χ2v) is 12.8. The number of hydrogen-bond donors (Lipinski definition) is 3. The van der Waals surface area contributed by atoms with E-state index < -0.39 is 37.2 Å². The average Bonchev–Trinajstić information content (AvgIpc) is 3.72. The number of esters is 1. The summed E-state index contributed by atoms with van der Waals surface area (Å²) in [6.07, 6.45) is 1.17. The van der Waals surface area contributed by atoms with Crippen LogP contribution < -0.4 is 11.1 Å². The van der Waals surface area contributed by atoms with Crippen molar-refractivity contribution in [2.45, 2.75) is 70.2 Å². The topological polar surface area (TPSA) is 153 Å². The molecule has 12 heteroatoms. The SMILES string of the molecule is COC(=O)OC(OC(=O)c1cc2cc(NC(=O)[C@@H]3[C@@H](c4ccccc4)CCN3C(=O)C3CCC([C@H](N)CF)CC3)ccc2[nH]1)C(C)C. The number of amides is 2. The van der Waals surface area contributed by atoms with Gasteiger partial charge in [-0.25, -0.2) is 14.0 Å². The van der Waals surface area contributed by atoms with Crippen LogP contribution in [-0.4, -0.2) is 72.5 Å². The molecule has 3 aromatic rings. The number of carbonyl (C=O) groups excluding carboxylic acids is 4. The lowest BCUT2D eigenvalue weighted by molar-refractivity contribution is -0.141. The number of aromatic amines is 1. The zero-order valence-corrected chi connectivity index (χ0v) is 26.9. The van der Waals surface area contributed by atoms with Gasteiger partial charge in [-0.05, 0) is 67.9 Å². The molecule has 1 unspecified atom stereocenters. The minimum absolute atomic E-state index is 0.0454. The number of hydrogen-bond acceptors (Lipinski definition) is 8. The first-order valence-electron chi connectivity index (χ1n) is 16.2. The minimum atomic E-state index is -1.14. The lowest BCUT2D eigenvalue weighted by Gasteiger charge is -2.35. The summed E-state index contributed by atoms with van der Waals surface area (Å²) >= 11 is 0. The maximum Gasteiger partial charge on any atom is 0.511 e. The smallest absolute Gasteiger partial charge is 0.438 e. The van der Waals surface area contributed by atoms with Crippen LogP contribution in [0.4, 0.5) is 14.9 Å². The van der Waals surface area contributed by atoms with Gasteiger partial charge in [-0.15, -0.1) is 0 Å². The fraction of sp³-hybridized carbons (Fsp3) is 0.486. The number of nitrogens with one attached hydrogen (secondary N) is 2. The van der Waals surface area contributed by atoms with E-state index in [9.17, 15) is 23.6 Å². The van der Waals surface area contributed by atoms with Crippen LogP contribution in [0.3, 0.4) is 0 Å². The molecule has 1 saturated heterocycles. The highest BCUT2D eigenvalue weighted by Gasteiger charge is 2.45. The van der Waals surface area contributed by atoms with Gasteiger partial charge in [0.2, 0.25) is 11.8 Å². The molecule has 2 fully saturated rings. The summed E-state index contributed by atoms with van der Waals surface area (Å²) in [6, 6.07) is 15.3. The van der Waals surface area contributed by atoms with Gasteiger partial charge >= 0.3 is 12.1 Å². The van der Waals surface area contributed by atoms with Crippen LogP contribution in [-0.2, 0) is 23.8 Å². The molecule has 2 aromatic carbocycles. The van der Waals surface area contributed by atoms with Crippen LogP contribution in [0, 0.1) is 17.8 Å². The Bertz CT molecular complexity index is 1570. The predicted molar refractivity (Wildman–Crippen MR) is 173 cm³/mol. The Morgan fingerprint density at radius 2 is 1.72 bits per heavy atom. The molecule has 0 bridgehead atoms. The average molecular weight is 651 g/mol. The van der Waals surface area contributed by atoms with Crippen LogP contribution in [0.5, 0.6) is 0 Å². The molecule has 11 nitrogen and oxygen atoms in total. The van der Waals surface area contributed by atoms with Crippen molar-refractivity contribution in [2.24, 2.45) is 23.5 Å². The number of fused-ring (bicyclic) bond motifs is 1. The molecule has 2 aliphatic rings. The van der Waals surface area contributed by atoms with Gasteiger partial charge in [-0.2, -0.15) is 0 Å². The van der Waals surface area contributed by atoms with Crippen molar-refractivity contribution in [1.82, 2.24) is 9.88 Å². The molecule has 1 aliphatic heterocycles. The van der Waals surface area contributed by atoms with Gasteiger partial charge in [-0.1, -0.05) is 44.2 Å². The molecular weight excluding hydrogens is 607 g/mol. The van der Waals surface area contributed by atoms with Crippen molar-refractivity contribution in [2.75, 3.05) is 25.6 Å². The molecule has 1 aliphatic carbocycles. The van der Waals surface area contributed by atoms with E-state index in [4.69, 9.17) is 15.2 Å². The lowest BCUT2D eigenvalue weighted by atomic mass is 9.78. The minimum Gasteiger partial charge on any atom is -0.438 e. The van der Waals surface area contributed by atoms with E-state index in [1.54, 1.807) is 43.0 Å². The number of benzene rings is 2. The van der Waals surface area contributed by atoms with Gasteiger partial charge in [-0.3, -0.25) is 9.59 Å². The highest BCUT2D eigenvalue weighted by atomic mass is 19.1. The molecule has 4 atom stereocenters. The summed E-state index contributed by atoms with van der Waals surface area (Å²) in [5.41, 5.74) is 8.20. The third kappa shape index (κ3) is 7.75. The molecule has 2 amide bonds. The highest BCUT2D eigenvalue weighted by molar-refractivity contribution is 6.01. The van der Waals surface area contributed by atoms with Gasteiger partial charge in [0.05, 0.1) is 7.11 Å². The van der Waals surface area contributed by atoms with E-state index in [1.807, 2.05) is 30.3 Å². The third-order valence-corrected chi connectivity index (χ3v) is 9.34. The van der Waals surface area contributed by atoms with E-state index in [0.717, 1.165) is 5.56 Å². The van der Waals surface area contributed by atoms with Gasteiger partial charge in [0.1, 0.15) is 18.4 Å². The van der Waals surface area contributed by atoms with Crippen LogP contribution >= 0.6 is 0 Å². The van der Waals surface area contributed by atoms with Crippen LogP contribution in [0.25, 0.3) is 10.9 Å². The maximum absolute atomic E-state index is 14.0. The summed E-state index contributed by atoms with van der Waals surface area (Å²) in [5, 5.41) is 3.66. The Hall–Kier alpha value is -4.45. The molecule has 1 aromatic heterocycles. The van der Waals surface area contributed by atoms with Gasteiger partial charge < -0.3 is 35.1 Å². The lowest BCUT2D eigenvalue weighted by Crippen LogP contribution is -2.48. The van der Waals surface area contributed by atoms with Gasteiger partial charge in [0.15, 0.2) is 0 Å². The zero-order chi connectivity index (χ0) is 33.7. The number of alkyl halides is 1. The van der Waals surface area contributed by atoms with E-state index in [0.29, 0.717) is 55.2 Å². The zero-order valence-electron chi connectivity index (χ0n) is 26.9. The first kappa shape index (κ1) is 33.9. The summed E-state index contributed by atoms with van der Waals surface area (Å²) in [6.45, 7) is 3.36. The van der Waals surface area contributed by atoms with Gasteiger partial charge in [0.25, 0.3) is 6.29 Å². The number of aromatic nitrogens is 1. The molecular formula is C35H43FN4O7. The monoisotopic (exact) mass is 650 g/mol. The number of likely N-dealkylation sites (tertiary alicyclic amines) is 1. The molecule has 2 heterocycles. The van der Waals surface area contributed by atoms with Crippen molar-refractivity contribution in [3.63, 3.8) is 0 Å². The van der Waals surface area contributed by atoms with Crippen molar-refractivity contribution in [3.05, 3.63) is 65.9 Å². The number of nitrogens with zero attached hydrogens (tertiary/aromatic N) is 1. The van der Waals surface area contributed by atoms with Gasteiger partial charge in [0, 0.05) is 46.9 Å². The second kappa shape index (κ2) is 15.0. The predicted octanol–water partition coefficient (Wildman–Crippen LogP) is 5.52. The molecule has 0 spiro atoms. The quantitative estimate of drug-likeness (QED) is 0.192. The fourth-order valence-electron chi connectivity index (χ4n) is 6.71. The number of ether oxygens (including phenoxy) is 3. The number of nitrogens with two attached hydrogens (primary N) is 1. The standard InChI is InChI=1S/C35H43FN4O7/c1-20(2)34(47-35(44)45-3)46-33(43)29-18-24-17-25(13-14-28(24)39-29)38-31(41)30-26(21-7-5-4-6-8-21)15-16-40(30)32(42)23-11-9-22(10-12-23)27(37)19-36/h4-8,13-14,17-18,20,22-23,26-27,30,34,39H,9-12,15-16,19,37H2,1-3H3,(H,38,41)/t22?,23?,26-,27-,30+,34?/m1/s1. The summed E-state index contributed by atoms with van der Waals surface area (Å²) < 4.78 is 28.1. The normalized spacial score (nSPS) is 22.5. The van der Waals surface area contributed by atoms with Crippen molar-refractivity contribution >= 4 is 40.5 Å². The Balaban J connectivity index is 1.32. The molecule has 1 saturated carbocycles. The second-order valence-electron chi connectivity index (χ2n) is 12.8. The fourth-order valence-corrected chi connectivity index (χ4v) is 6.71. The van der Waals surface area contributed by atoms with E-state index in [2.05, 4.69) is 15.0 Å². The number of halogens is 1. The highest BCUT2D eigenvalue weighted by Crippen LogP contribution is 2.38. The Kier molecular flexibility index (Phi) is 10.8. The number of H-pyrrole nitrogens is 1. The molecule has 4 N–H and O–H groups in total. The van der Waals surface area contributed by atoms with E-state index in [-0.39, 0.29) is 41.2 Å². The number of methoxy groups -OCH3 is 1. The van der Waals surface area contributed by atoms with Crippen molar-refractivity contribution in [3.8, 4) is 0 Å². The summed E-state index contributed by atoms with van der Waals surface area (Å²) in [7, 11) is 1.17. The van der Waals surface area contributed by atoms with Crippen LogP contribution in [0.1, 0.15) is 67.9 Å². The summed E-state index contributed by atoms with van der Waals surface area (Å²) in [4.78, 5) is 57.1. The number of carbonyl (C=O) groups is 4. The first-order valence-corrected chi connectivity index (χ1v) is 16.2. The molecule has 0 radical (unpaired) electrons. The molecule has 5 rings (SSSR count). The van der Waals surface area contributed by atoms with E-state index in [1.165, 1.54) is 7.11 Å². The Labute approximate surface area is 273 Å². The molecule has 47 heavy (non-hydrogen) atoms. The Morgan fingerprint density at radius 3 is 2.38 bits per heavy atom. The largest absolute Gasteiger partial charge is 0.511 e.